The molecular weight excluding hydrogens is 342 g/mol. The summed E-state index contributed by atoms with van der Waals surface area (Å²) < 4.78 is 5.62. The highest BCUT2D eigenvalue weighted by Gasteiger charge is 2.49. The maximum absolute atomic E-state index is 12.8. The number of urea groups is 1. The third kappa shape index (κ3) is 4.00. The fourth-order valence-electron chi connectivity index (χ4n) is 2.81. The van der Waals surface area contributed by atoms with E-state index in [1.165, 1.54) is 6.21 Å². The molecule has 3 rings (SSSR count). The number of amides is 3. The lowest BCUT2D eigenvalue weighted by Crippen LogP contribution is -2.40. The van der Waals surface area contributed by atoms with Crippen LogP contribution in [0.5, 0.6) is 5.75 Å². The van der Waals surface area contributed by atoms with Crippen LogP contribution in [0, 0.1) is 0 Å². The first-order valence-electron chi connectivity index (χ1n) is 9.03. The highest BCUT2D eigenvalue weighted by Crippen LogP contribution is 2.28. The zero-order valence-corrected chi connectivity index (χ0v) is 15.5. The van der Waals surface area contributed by atoms with Gasteiger partial charge >= 0.3 is 6.03 Å². The standard InChI is InChI=1S/C21H23N3O3/c1-3-4-14-27-18-12-10-16(11-13-18)15-22-24-19(25)21(2,23-20(24)26)17-8-6-5-7-9-17/h5-13,15H,3-4,14H2,1-2H3,(H,23,26)/b22-15-/t21-/m0/s1. The minimum atomic E-state index is -1.12. The van der Waals surface area contributed by atoms with E-state index in [0.29, 0.717) is 6.61 Å². The van der Waals surface area contributed by atoms with Gasteiger partial charge in [0, 0.05) is 0 Å². The van der Waals surface area contributed by atoms with E-state index in [0.717, 1.165) is 34.7 Å². The highest BCUT2D eigenvalue weighted by atomic mass is 16.5. The van der Waals surface area contributed by atoms with Crippen LogP contribution >= 0.6 is 0 Å². The van der Waals surface area contributed by atoms with Gasteiger partial charge in [0.25, 0.3) is 5.91 Å². The number of carbonyl (C=O) groups is 2. The Morgan fingerprint density at radius 2 is 1.81 bits per heavy atom. The maximum Gasteiger partial charge on any atom is 0.346 e. The van der Waals surface area contributed by atoms with Gasteiger partial charge in [0.05, 0.1) is 12.8 Å². The van der Waals surface area contributed by atoms with Crippen LogP contribution in [0.4, 0.5) is 4.79 Å². The van der Waals surface area contributed by atoms with Gasteiger partial charge in [0.2, 0.25) is 0 Å². The van der Waals surface area contributed by atoms with Crippen molar-refractivity contribution >= 4 is 18.2 Å². The molecule has 0 unspecified atom stereocenters. The van der Waals surface area contributed by atoms with Gasteiger partial charge in [-0.25, -0.2) is 4.79 Å². The van der Waals surface area contributed by atoms with Gasteiger partial charge in [-0.3, -0.25) is 4.79 Å². The van der Waals surface area contributed by atoms with Crippen molar-refractivity contribution in [1.82, 2.24) is 10.3 Å². The summed E-state index contributed by atoms with van der Waals surface area (Å²) in [6, 6.07) is 16.0. The summed E-state index contributed by atoms with van der Waals surface area (Å²) in [4.78, 5) is 25.0. The lowest BCUT2D eigenvalue weighted by atomic mass is 9.92. The van der Waals surface area contributed by atoms with Gasteiger partial charge in [-0.15, -0.1) is 5.01 Å². The number of nitrogens with one attached hydrogen (secondary N) is 1. The molecule has 2 aromatic carbocycles. The lowest BCUT2D eigenvalue weighted by Gasteiger charge is -2.20. The summed E-state index contributed by atoms with van der Waals surface area (Å²) >= 11 is 0. The number of hydrogen-bond donors (Lipinski definition) is 1. The highest BCUT2D eigenvalue weighted by molar-refractivity contribution is 6.07. The summed E-state index contributed by atoms with van der Waals surface area (Å²) in [6.45, 7) is 4.48. The number of hydrazone groups is 1. The third-order valence-corrected chi connectivity index (χ3v) is 4.49. The molecule has 0 radical (unpaired) electrons. The van der Waals surface area contributed by atoms with Crippen LogP contribution in [0.2, 0.25) is 0 Å². The summed E-state index contributed by atoms with van der Waals surface area (Å²) in [6.07, 6.45) is 3.58. The molecule has 140 valence electrons. The Bertz CT molecular complexity index is 834. The van der Waals surface area contributed by atoms with Crippen LogP contribution in [-0.2, 0) is 10.3 Å². The second-order valence-electron chi connectivity index (χ2n) is 6.55. The second-order valence-corrected chi connectivity index (χ2v) is 6.55. The average molecular weight is 365 g/mol. The number of hydrogen-bond acceptors (Lipinski definition) is 4. The maximum atomic E-state index is 12.8. The molecule has 0 aromatic heterocycles. The van der Waals surface area contributed by atoms with E-state index < -0.39 is 17.5 Å². The van der Waals surface area contributed by atoms with Gasteiger partial charge in [0.1, 0.15) is 11.3 Å². The molecule has 27 heavy (non-hydrogen) atoms. The van der Waals surface area contributed by atoms with Crippen molar-refractivity contribution in [2.24, 2.45) is 5.10 Å². The molecule has 3 amide bonds. The minimum absolute atomic E-state index is 0.408. The topological polar surface area (TPSA) is 71.0 Å². The molecule has 1 aliphatic rings. The number of ether oxygens (including phenoxy) is 1. The van der Waals surface area contributed by atoms with E-state index in [9.17, 15) is 9.59 Å². The molecule has 1 N–H and O–H groups in total. The van der Waals surface area contributed by atoms with Crippen molar-refractivity contribution in [3.8, 4) is 5.75 Å². The first-order chi connectivity index (χ1) is 13.0. The second kappa shape index (κ2) is 8.03. The van der Waals surface area contributed by atoms with E-state index in [4.69, 9.17) is 4.74 Å². The molecule has 6 heteroatoms. The van der Waals surface area contributed by atoms with Gasteiger partial charge in [0.15, 0.2) is 0 Å². The predicted octanol–water partition coefficient (Wildman–Crippen LogP) is 3.67. The van der Waals surface area contributed by atoms with Gasteiger partial charge in [-0.1, -0.05) is 43.7 Å². The zero-order chi connectivity index (χ0) is 19.3. The predicted molar refractivity (Wildman–Crippen MR) is 104 cm³/mol. The molecule has 1 aliphatic heterocycles. The molecule has 1 saturated heterocycles. The summed E-state index contributed by atoms with van der Waals surface area (Å²) in [7, 11) is 0. The van der Waals surface area contributed by atoms with Crippen molar-refractivity contribution in [3.63, 3.8) is 0 Å². The molecule has 1 fully saturated rings. The van der Waals surface area contributed by atoms with Gasteiger partial charge < -0.3 is 10.1 Å². The van der Waals surface area contributed by atoms with Gasteiger partial charge in [-0.2, -0.15) is 5.10 Å². The number of imide groups is 1. The molecule has 6 nitrogen and oxygen atoms in total. The summed E-state index contributed by atoms with van der Waals surface area (Å²) in [5, 5.41) is 7.69. The Kier molecular flexibility index (Phi) is 5.54. The van der Waals surface area contributed by atoms with Crippen LogP contribution in [-0.4, -0.2) is 29.8 Å². The van der Waals surface area contributed by atoms with Crippen molar-refractivity contribution in [3.05, 3.63) is 65.7 Å². The van der Waals surface area contributed by atoms with Crippen LogP contribution in [0.3, 0.4) is 0 Å². The lowest BCUT2D eigenvalue weighted by molar-refractivity contribution is -0.131. The van der Waals surface area contributed by atoms with Crippen molar-refractivity contribution in [1.29, 1.82) is 0 Å². The Morgan fingerprint density at radius 1 is 1.11 bits per heavy atom. The number of rotatable bonds is 7. The molecule has 0 saturated carbocycles. The number of benzene rings is 2. The smallest absolute Gasteiger partial charge is 0.346 e. The van der Waals surface area contributed by atoms with Crippen molar-refractivity contribution < 1.29 is 14.3 Å². The van der Waals surface area contributed by atoms with E-state index in [2.05, 4.69) is 17.3 Å². The molecule has 1 atom stereocenters. The van der Waals surface area contributed by atoms with E-state index in [1.807, 2.05) is 54.6 Å². The molecule has 0 bridgehead atoms. The van der Waals surface area contributed by atoms with E-state index >= 15 is 0 Å². The van der Waals surface area contributed by atoms with Crippen molar-refractivity contribution in [2.45, 2.75) is 32.2 Å². The SMILES string of the molecule is CCCCOc1ccc(/C=N\N2C(=O)N[C@@](C)(c3ccccc3)C2=O)cc1. The first kappa shape index (κ1) is 18.6. The first-order valence-corrected chi connectivity index (χ1v) is 9.03. The molecule has 1 heterocycles. The fraction of sp³-hybridized carbons (Fsp3) is 0.286. The number of unbranched alkanes of at least 4 members (excludes halogenated alkanes) is 1. The monoisotopic (exact) mass is 365 g/mol. The Morgan fingerprint density at radius 3 is 2.48 bits per heavy atom. The van der Waals surface area contributed by atoms with Crippen LogP contribution in [0.25, 0.3) is 0 Å². The molecular formula is C21H23N3O3. The Labute approximate surface area is 158 Å². The average Bonchev–Trinajstić information content (AvgIpc) is 2.91. The van der Waals surface area contributed by atoms with Crippen LogP contribution < -0.4 is 10.1 Å². The van der Waals surface area contributed by atoms with E-state index in [1.54, 1.807) is 6.92 Å². The van der Waals surface area contributed by atoms with Crippen molar-refractivity contribution in [2.75, 3.05) is 6.61 Å². The summed E-state index contributed by atoms with van der Waals surface area (Å²) in [5.41, 5.74) is 0.369. The van der Waals surface area contributed by atoms with Gasteiger partial charge in [-0.05, 0) is 48.7 Å². The molecule has 0 spiro atoms. The minimum Gasteiger partial charge on any atom is -0.494 e. The summed E-state index contributed by atoms with van der Waals surface area (Å²) in [5.74, 6) is 0.377. The van der Waals surface area contributed by atoms with E-state index in [-0.39, 0.29) is 0 Å². The van der Waals surface area contributed by atoms with Crippen LogP contribution in [0.1, 0.15) is 37.8 Å². The zero-order valence-electron chi connectivity index (χ0n) is 15.5. The number of nitrogens with zero attached hydrogens (tertiary/aromatic N) is 2. The fourth-order valence-corrected chi connectivity index (χ4v) is 2.81. The Balaban J connectivity index is 1.70. The molecule has 2 aromatic rings. The largest absolute Gasteiger partial charge is 0.494 e. The Hall–Kier alpha value is -3.15. The molecule has 0 aliphatic carbocycles. The number of carbonyl (C=O) groups excluding carboxylic acids is 2. The normalized spacial score (nSPS) is 19.6. The van der Waals surface area contributed by atoms with Crippen LogP contribution in [0.15, 0.2) is 59.7 Å². The quantitative estimate of drug-likeness (QED) is 0.462. The third-order valence-electron chi connectivity index (χ3n) is 4.49.